The van der Waals surface area contributed by atoms with Crippen LogP contribution in [0.1, 0.15) is 24.0 Å². The lowest BCUT2D eigenvalue weighted by molar-refractivity contribution is 0.285. The Balaban J connectivity index is 1.87. The summed E-state index contributed by atoms with van der Waals surface area (Å²) >= 11 is 3.53. The molecule has 1 atom stereocenters. The SMILES string of the molecule is Cc1cc(OCCC2CCS(=O)(=O)C2)cc(C)c1Br. The van der Waals surface area contributed by atoms with Crippen molar-refractivity contribution in [3.05, 3.63) is 27.7 Å². The molecule has 1 saturated heterocycles. The molecule has 1 aromatic carbocycles. The minimum atomic E-state index is -2.77. The van der Waals surface area contributed by atoms with Gasteiger partial charge in [-0.3, -0.25) is 0 Å². The van der Waals surface area contributed by atoms with Gasteiger partial charge in [-0.05, 0) is 55.9 Å². The molecule has 0 aliphatic carbocycles. The number of hydrogen-bond acceptors (Lipinski definition) is 3. The number of aryl methyl sites for hydroxylation is 2. The fraction of sp³-hybridized carbons (Fsp3) is 0.571. The zero-order chi connectivity index (χ0) is 14.0. The molecular formula is C14H19BrO3S. The molecular weight excluding hydrogens is 328 g/mol. The largest absolute Gasteiger partial charge is 0.494 e. The van der Waals surface area contributed by atoms with Crippen molar-refractivity contribution in [2.45, 2.75) is 26.7 Å². The quantitative estimate of drug-likeness (QED) is 0.840. The summed E-state index contributed by atoms with van der Waals surface area (Å²) < 4.78 is 29.6. The number of hydrogen-bond donors (Lipinski definition) is 0. The first-order valence-corrected chi connectivity index (χ1v) is 9.09. The third-order valence-corrected chi connectivity index (χ3v) is 6.62. The van der Waals surface area contributed by atoms with Crippen molar-refractivity contribution in [3.63, 3.8) is 0 Å². The molecule has 1 fully saturated rings. The summed E-state index contributed by atoms with van der Waals surface area (Å²) in [5.74, 6) is 1.80. The molecule has 0 radical (unpaired) electrons. The third-order valence-electron chi connectivity index (χ3n) is 3.53. The Bertz CT molecular complexity index is 543. The van der Waals surface area contributed by atoms with Crippen LogP contribution in [0.4, 0.5) is 0 Å². The number of sulfone groups is 1. The van der Waals surface area contributed by atoms with Gasteiger partial charge in [0.15, 0.2) is 9.84 Å². The number of ether oxygens (including phenoxy) is 1. The first-order chi connectivity index (χ1) is 8.87. The van der Waals surface area contributed by atoms with E-state index in [9.17, 15) is 8.42 Å². The molecule has 0 N–H and O–H groups in total. The van der Waals surface area contributed by atoms with Crippen molar-refractivity contribution in [2.75, 3.05) is 18.1 Å². The smallest absolute Gasteiger partial charge is 0.150 e. The standard InChI is InChI=1S/C14H19BrO3S/c1-10-7-13(8-11(2)14(10)15)18-5-3-12-4-6-19(16,17)9-12/h7-8,12H,3-6,9H2,1-2H3. The average molecular weight is 347 g/mol. The van der Waals surface area contributed by atoms with Crippen LogP contribution in [0.5, 0.6) is 5.75 Å². The average Bonchev–Trinajstić information content (AvgIpc) is 2.66. The molecule has 1 aliphatic rings. The van der Waals surface area contributed by atoms with Gasteiger partial charge in [0.25, 0.3) is 0 Å². The fourth-order valence-corrected chi connectivity index (χ4v) is 4.57. The number of rotatable bonds is 4. The van der Waals surface area contributed by atoms with Crippen LogP contribution in [0.2, 0.25) is 0 Å². The summed E-state index contributed by atoms with van der Waals surface area (Å²) in [5, 5.41) is 0. The van der Waals surface area contributed by atoms with Gasteiger partial charge < -0.3 is 4.74 Å². The van der Waals surface area contributed by atoms with Crippen molar-refractivity contribution in [1.82, 2.24) is 0 Å². The predicted molar refractivity (Wildman–Crippen MR) is 80.5 cm³/mol. The van der Waals surface area contributed by atoms with Gasteiger partial charge >= 0.3 is 0 Å². The van der Waals surface area contributed by atoms with Crippen LogP contribution < -0.4 is 4.74 Å². The fourth-order valence-electron chi connectivity index (χ4n) is 2.43. The summed E-state index contributed by atoms with van der Waals surface area (Å²) in [7, 11) is -2.77. The van der Waals surface area contributed by atoms with E-state index in [1.807, 2.05) is 26.0 Å². The van der Waals surface area contributed by atoms with Crippen molar-refractivity contribution in [2.24, 2.45) is 5.92 Å². The summed E-state index contributed by atoms with van der Waals surface area (Å²) in [4.78, 5) is 0. The highest BCUT2D eigenvalue weighted by Gasteiger charge is 2.27. The topological polar surface area (TPSA) is 43.4 Å². The monoisotopic (exact) mass is 346 g/mol. The van der Waals surface area contributed by atoms with Gasteiger partial charge in [0.05, 0.1) is 18.1 Å². The van der Waals surface area contributed by atoms with Gasteiger partial charge in [0, 0.05) is 4.47 Å². The molecule has 1 heterocycles. The van der Waals surface area contributed by atoms with Gasteiger partial charge in [0.1, 0.15) is 5.75 Å². The third kappa shape index (κ3) is 3.96. The van der Waals surface area contributed by atoms with Crippen LogP contribution >= 0.6 is 15.9 Å². The molecule has 0 bridgehead atoms. The zero-order valence-electron chi connectivity index (χ0n) is 11.3. The molecule has 106 valence electrons. The Morgan fingerprint density at radius 2 is 1.95 bits per heavy atom. The molecule has 0 amide bonds. The van der Waals surface area contributed by atoms with Crippen LogP contribution in [0.15, 0.2) is 16.6 Å². The van der Waals surface area contributed by atoms with Crippen LogP contribution in [-0.4, -0.2) is 26.5 Å². The molecule has 1 aliphatic heterocycles. The van der Waals surface area contributed by atoms with E-state index in [1.54, 1.807) is 0 Å². The highest BCUT2D eigenvalue weighted by atomic mass is 79.9. The summed E-state index contributed by atoms with van der Waals surface area (Å²) in [6.07, 6.45) is 1.59. The Kier molecular flexibility index (Phi) is 4.56. The van der Waals surface area contributed by atoms with E-state index >= 15 is 0 Å². The Labute approximate surface area is 123 Å². The number of benzene rings is 1. The molecule has 1 unspecified atom stereocenters. The molecule has 0 saturated carbocycles. The van der Waals surface area contributed by atoms with E-state index in [1.165, 1.54) is 0 Å². The predicted octanol–water partition coefficient (Wildman–Crippen LogP) is 3.27. The van der Waals surface area contributed by atoms with Crippen LogP contribution in [-0.2, 0) is 9.84 Å². The van der Waals surface area contributed by atoms with E-state index < -0.39 is 9.84 Å². The maximum absolute atomic E-state index is 11.4. The van der Waals surface area contributed by atoms with Gasteiger partial charge in [-0.15, -0.1) is 0 Å². The zero-order valence-corrected chi connectivity index (χ0v) is 13.7. The highest BCUT2D eigenvalue weighted by Crippen LogP contribution is 2.27. The first-order valence-electron chi connectivity index (χ1n) is 6.47. The Hall–Kier alpha value is -0.550. The van der Waals surface area contributed by atoms with Gasteiger partial charge in [0.2, 0.25) is 0 Å². The normalized spacial score (nSPS) is 21.5. The van der Waals surface area contributed by atoms with Gasteiger partial charge in [-0.25, -0.2) is 8.42 Å². The molecule has 19 heavy (non-hydrogen) atoms. The van der Waals surface area contributed by atoms with Crippen molar-refractivity contribution < 1.29 is 13.2 Å². The summed E-state index contributed by atoms with van der Waals surface area (Å²) in [6, 6.07) is 4.00. The first kappa shape index (κ1) is 14.9. The van der Waals surface area contributed by atoms with Crippen LogP contribution in [0.3, 0.4) is 0 Å². The van der Waals surface area contributed by atoms with Gasteiger partial charge in [-0.2, -0.15) is 0 Å². The van der Waals surface area contributed by atoms with E-state index in [-0.39, 0.29) is 5.92 Å². The molecule has 5 heteroatoms. The second-order valence-corrected chi connectivity index (χ2v) is 8.30. The van der Waals surface area contributed by atoms with Crippen LogP contribution in [0.25, 0.3) is 0 Å². The van der Waals surface area contributed by atoms with E-state index in [0.717, 1.165) is 34.2 Å². The Morgan fingerprint density at radius 1 is 1.32 bits per heavy atom. The van der Waals surface area contributed by atoms with Crippen molar-refractivity contribution in [3.8, 4) is 5.75 Å². The van der Waals surface area contributed by atoms with Crippen molar-refractivity contribution >= 4 is 25.8 Å². The van der Waals surface area contributed by atoms with Crippen molar-refractivity contribution in [1.29, 1.82) is 0 Å². The second-order valence-electron chi connectivity index (χ2n) is 5.28. The lowest BCUT2D eigenvalue weighted by atomic mass is 10.1. The molecule has 3 nitrogen and oxygen atoms in total. The van der Waals surface area contributed by atoms with Crippen LogP contribution in [0, 0.1) is 19.8 Å². The molecule has 2 rings (SSSR count). The molecule has 1 aromatic rings. The number of halogens is 1. The lowest BCUT2D eigenvalue weighted by Crippen LogP contribution is -2.09. The second kappa shape index (κ2) is 5.83. The summed E-state index contributed by atoms with van der Waals surface area (Å²) in [6.45, 7) is 4.65. The highest BCUT2D eigenvalue weighted by molar-refractivity contribution is 9.10. The summed E-state index contributed by atoms with van der Waals surface area (Å²) in [5.41, 5.74) is 2.30. The maximum atomic E-state index is 11.4. The van der Waals surface area contributed by atoms with E-state index in [0.29, 0.717) is 18.1 Å². The lowest BCUT2D eigenvalue weighted by Gasteiger charge is -2.12. The molecule has 0 aromatic heterocycles. The van der Waals surface area contributed by atoms with E-state index in [4.69, 9.17) is 4.74 Å². The minimum Gasteiger partial charge on any atom is -0.494 e. The maximum Gasteiger partial charge on any atom is 0.150 e. The minimum absolute atomic E-state index is 0.266. The van der Waals surface area contributed by atoms with E-state index in [2.05, 4.69) is 15.9 Å². The molecule has 0 spiro atoms. The Morgan fingerprint density at radius 3 is 2.47 bits per heavy atom. The van der Waals surface area contributed by atoms with Gasteiger partial charge in [-0.1, -0.05) is 15.9 Å².